The Labute approximate surface area is 167 Å². The van der Waals surface area contributed by atoms with Crippen LogP contribution in [0.1, 0.15) is 65.2 Å². The van der Waals surface area contributed by atoms with E-state index in [9.17, 15) is 4.79 Å². The molecule has 0 radical (unpaired) electrons. The molecule has 0 bridgehead atoms. The van der Waals surface area contributed by atoms with Crippen LogP contribution in [0.4, 0.5) is 0 Å². The van der Waals surface area contributed by atoms with Gasteiger partial charge in [-0.25, -0.2) is 0 Å². The minimum atomic E-state index is -0.428. The molecule has 2 spiro atoms. The SMILES string of the molecule is C[C@]12CCC3(CC1CC(=O)C1C2CC[C@@]2(C)C1CCC21OCCO1)OCCO3. The Morgan fingerprint density at radius 1 is 0.821 bits per heavy atom. The van der Waals surface area contributed by atoms with Crippen molar-refractivity contribution in [1.29, 1.82) is 0 Å². The molecule has 4 saturated carbocycles. The molecule has 0 aromatic heterocycles. The highest BCUT2D eigenvalue weighted by Crippen LogP contribution is 2.69. The first-order chi connectivity index (χ1) is 13.4. The number of ketones is 1. The maximum absolute atomic E-state index is 13.6. The summed E-state index contributed by atoms with van der Waals surface area (Å²) < 4.78 is 24.5. The van der Waals surface area contributed by atoms with Crippen LogP contribution < -0.4 is 0 Å². The largest absolute Gasteiger partial charge is 0.348 e. The van der Waals surface area contributed by atoms with Crippen LogP contribution in [0.2, 0.25) is 0 Å². The first kappa shape index (κ1) is 18.3. The summed E-state index contributed by atoms with van der Waals surface area (Å²) in [4.78, 5) is 13.6. The van der Waals surface area contributed by atoms with Crippen molar-refractivity contribution in [1.82, 2.24) is 0 Å². The minimum absolute atomic E-state index is 0.0168. The van der Waals surface area contributed by atoms with Crippen LogP contribution >= 0.6 is 0 Å². The number of fused-ring (bicyclic) bond motifs is 6. The second kappa shape index (κ2) is 5.81. The van der Waals surface area contributed by atoms with E-state index in [1.54, 1.807) is 0 Å². The van der Waals surface area contributed by atoms with Gasteiger partial charge in [-0.1, -0.05) is 13.8 Å². The third kappa shape index (κ3) is 2.15. The predicted octanol–water partition coefficient (Wildman–Crippen LogP) is 3.69. The van der Waals surface area contributed by atoms with Gasteiger partial charge in [0.05, 0.1) is 26.4 Å². The van der Waals surface area contributed by atoms with Crippen molar-refractivity contribution in [2.24, 2.45) is 34.5 Å². The molecule has 6 fully saturated rings. The molecule has 156 valence electrons. The van der Waals surface area contributed by atoms with Crippen molar-refractivity contribution in [2.45, 2.75) is 76.8 Å². The second-order valence-electron chi connectivity index (χ2n) is 10.9. The topological polar surface area (TPSA) is 54.0 Å². The molecule has 6 aliphatic rings. The number of carbonyl (C=O) groups is 1. The van der Waals surface area contributed by atoms with E-state index in [4.69, 9.17) is 18.9 Å². The highest BCUT2D eigenvalue weighted by Gasteiger charge is 2.69. The number of carbonyl (C=O) groups excluding carboxylic acids is 1. The fourth-order valence-electron chi connectivity index (χ4n) is 8.52. The standard InChI is InChI=1S/C23H34O5/c1-20-7-8-22(25-9-10-26-22)14-15(20)13-18(24)19-16(20)3-5-21(2)17(19)4-6-23(21)27-11-12-28-23/h15-17,19H,3-14H2,1-2H3/t15?,16?,17?,19?,20-,21-/m0/s1. The van der Waals surface area contributed by atoms with Gasteiger partial charge in [0.15, 0.2) is 11.6 Å². The number of Topliss-reactive ketones (excluding diaryl/α,β-unsaturated/α-hetero) is 1. The zero-order valence-electron chi connectivity index (χ0n) is 17.3. The third-order valence-corrected chi connectivity index (χ3v) is 10.1. The summed E-state index contributed by atoms with van der Waals surface area (Å²) in [6.45, 7) is 7.62. The Morgan fingerprint density at radius 3 is 2.25 bits per heavy atom. The van der Waals surface area contributed by atoms with Gasteiger partial charge >= 0.3 is 0 Å². The quantitative estimate of drug-likeness (QED) is 0.631. The van der Waals surface area contributed by atoms with Crippen molar-refractivity contribution in [3.05, 3.63) is 0 Å². The Balaban J connectivity index is 1.32. The van der Waals surface area contributed by atoms with Gasteiger partial charge in [0, 0.05) is 37.0 Å². The van der Waals surface area contributed by atoms with Crippen molar-refractivity contribution >= 4 is 5.78 Å². The van der Waals surface area contributed by atoms with Gasteiger partial charge in [-0.15, -0.1) is 0 Å². The van der Waals surface area contributed by atoms with E-state index in [1.807, 2.05) is 0 Å². The predicted molar refractivity (Wildman–Crippen MR) is 101 cm³/mol. The van der Waals surface area contributed by atoms with E-state index >= 15 is 0 Å². The van der Waals surface area contributed by atoms with Crippen LogP contribution in [0.5, 0.6) is 0 Å². The molecule has 4 unspecified atom stereocenters. The van der Waals surface area contributed by atoms with E-state index in [1.165, 1.54) is 0 Å². The second-order valence-corrected chi connectivity index (χ2v) is 10.9. The molecule has 4 aliphatic carbocycles. The zero-order chi connectivity index (χ0) is 19.2. The Morgan fingerprint density at radius 2 is 1.50 bits per heavy atom. The number of hydrogen-bond acceptors (Lipinski definition) is 5. The van der Waals surface area contributed by atoms with Crippen LogP contribution in [-0.2, 0) is 23.7 Å². The van der Waals surface area contributed by atoms with Gasteiger partial charge in [0.25, 0.3) is 0 Å². The monoisotopic (exact) mass is 390 g/mol. The molecular weight excluding hydrogens is 356 g/mol. The van der Waals surface area contributed by atoms with Gasteiger partial charge in [-0.2, -0.15) is 0 Å². The van der Waals surface area contributed by atoms with E-state index in [-0.39, 0.29) is 16.7 Å². The van der Waals surface area contributed by atoms with Gasteiger partial charge in [-0.3, -0.25) is 4.79 Å². The van der Waals surface area contributed by atoms with Crippen molar-refractivity contribution < 1.29 is 23.7 Å². The molecule has 0 amide bonds. The van der Waals surface area contributed by atoms with E-state index in [0.717, 1.165) is 44.9 Å². The molecular formula is C23H34O5. The van der Waals surface area contributed by atoms with Crippen LogP contribution in [0.15, 0.2) is 0 Å². The van der Waals surface area contributed by atoms with E-state index in [0.29, 0.717) is 56.4 Å². The van der Waals surface area contributed by atoms with E-state index in [2.05, 4.69) is 13.8 Å². The molecule has 6 rings (SSSR count). The average molecular weight is 391 g/mol. The lowest BCUT2D eigenvalue weighted by molar-refractivity contribution is -0.253. The molecule has 0 aromatic carbocycles. The maximum Gasteiger partial charge on any atom is 0.174 e. The number of hydrogen-bond donors (Lipinski definition) is 0. The van der Waals surface area contributed by atoms with Crippen LogP contribution in [0.25, 0.3) is 0 Å². The molecule has 0 aromatic rings. The zero-order valence-corrected chi connectivity index (χ0v) is 17.3. The van der Waals surface area contributed by atoms with Gasteiger partial charge in [-0.05, 0) is 48.9 Å². The summed E-state index contributed by atoms with van der Waals surface area (Å²) in [5.74, 6) is 1.15. The smallest absolute Gasteiger partial charge is 0.174 e. The maximum atomic E-state index is 13.6. The molecule has 5 heteroatoms. The Bertz CT molecular complexity index is 678. The van der Waals surface area contributed by atoms with Gasteiger partial charge in [0.2, 0.25) is 0 Å². The third-order valence-electron chi connectivity index (χ3n) is 10.1. The molecule has 2 heterocycles. The summed E-state index contributed by atoms with van der Waals surface area (Å²) in [6.07, 6.45) is 7.97. The molecule has 5 nitrogen and oxygen atoms in total. The highest BCUT2D eigenvalue weighted by atomic mass is 16.7. The Hall–Kier alpha value is -0.490. The Kier molecular flexibility index (Phi) is 3.79. The summed E-state index contributed by atoms with van der Waals surface area (Å²) in [6, 6.07) is 0. The summed E-state index contributed by atoms with van der Waals surface area (Å²) in [7, 11) is 0. The lowest BCUT2D eigenvalue weighted by Gasteiger charge is -2.61. The average Bonchev–Trinajstić information content (AvgIpc) is 3.39. The fourth-order valence-corrected chi connectivity index (χ4v) is 8.52. The summed E-state index contributed by atoms with van der Waals surface area (Å²) in [5, 5.41) is 0. The van der Waals surface area contributed by atoms with Gasteiger partial charge in [0.1, 0.15) is 5.78 Å². The molecule has 0 N–H and O–H groups in total. The molecule has 28 heavy (non-hydrogen) atoms. The van der Waals surface area contributed by atoms with Crippen molar-refractivity contribution in [2.75, 3.05) is 26.4 Å². The molecule has 2 saturated heterocycles. The normalized spacial score (nSPS) is 51.3. The highest BCUT2D eigenvalue weighted by molar-refractivity contribution is 5.83. The van der Waals surface area contributed by atoms with Crippen LogP contribution in [0, 0.1) is 34.5 Å². The summed E-state index contributed by atoms with van der Waals surface area (Å²) >= 11 is 0. The van der Waals surface area contributed by atoms with Gasteiger partial charge < -0.3 is 18.9 Å². The molecule has 6 atom stereocenters. The first-order valence-electron chi connectivity index (χ1n) is 11.5. The molecule has 2 aliphatic heterocycles. The lowest BCUT2D eigenvalue weighted by atomic mass is 9.44. The fraction of sp³-hybridized carbons (Fsp3) is 0.957. The van der Waals surface area contributed by atoms with Crippen molar-refractivity contribution in [3.8, 4) is 0 Å². The number of ether oxygens (including phenoxy) is 4. The lowest BCUT2D eigenvalue weighted by Crippen LogP contribution is -2.60. The summed E-state index contributed by atoms with van der Waals surface area (Å²) in [5.41, 5.74) is 0.213. The van der Waals surface area contributed by atoms with Crippen molar-refractivity contribution in [3.63, 3.8) is 0 Å². The van der Waals surface area contributed by atoms with Crippen LogP contribution in [-0.4, -0.2) is 43.8 Å². The first-order valence-corrected chi connectivity index (χ1v) is 11.5. The van der Waals surface area contributed by atoms with Crippen LogP contribution in [0.3, 0.4) is 0 Å². The van der Waals surface area contributed by atoms with E-state index < -0.39 is 11.6 Å². The minimum Gasteiger partial charge on any atom is -0.348 e. The number of rotatable bonds is 0.